The van der Waals surface area contributed by atoms with Gasteiger partial charge in [-0.25, -0.2) is 8.42 Å². The van der Waals surface area contributed by atoms with Crippen molar-refractivity contribution < 1.29 is 17.9 Å². The molecule has 0 aliphatic heterocycles. The van der Waals surface area contributed by atoms with E-state index in [0.717, 1.165) is 0 Å². The molecule has 1 aromatic heterocycles. The lowest BCUT2D eigenvalue weighted by Crippen LogP contribution is -2.16. The molecule has 19 heavy (non-hydrogen) atoms. The topological polar surface area (TPSA) is 83.3 Å². The van der Waals surface area contributed by atoms with E-state index in [1.54, 1.807) is 7.11 Å². The number of hydrogen-bond acceptors (Lipinski definition) is 6. The van der Waals surface area contributed by atoms with Crippen LogP contribution in [0.3, 0.4) is 0 Å². The van der Waals surface area contributed by atoms with Crippen molar-refractivity contribution in [2.75, 3.05) is 27.4 Å². The lowest BCUT2D eigenvalue weighted by molar-refractivity contribution is 0.156. The van der Waals surface area contributed by atoms with Gasteiger partial charge >= 0.3 is 0 Å². The molecular weight excluding hydrogens is 294 g/mol. The van der Waals surface area contributed by atoms with Crippen molar-refractivity contribution in [2.45, 2.75) is 25.0 Å². The van der Waals surface area contributed by atoms with Crippen LogP contribution in [0.5, 0.6) is 0 Å². The van der Waals surface area contributed by atoms with Crippen LogP contribution < -0.4 is 0 Å². The Kier molecular flexibility index (Phi) is 6.18. The molecule has 1 atom stereocenters. The Bertz CT molecular complexity index is 503. The second kappa shape index (κ2) is 7.18. The van der Waals surface area contributed by atoms with Crippen molar-refractivity contribution in [3.63, 3.8) is 0 Å². The molecule has 7 nitrogen and oxygen atoms in total. The van der Waals surface area contributed by atoms with Gasteiger partial charge in [-0.2, -0.15) is 0 Å². The molecule has 1 aromatic rings. The Morgan fingerprint density at radius 1 is 1.32 bits per heavy atom. The second-order valence-corrected chi connectivity index (χ2v) is 6.71. The summed E-state index contributed by atoms with van der Waals surface area (Å²) in [5.41, 5.74) is 0. The smallest absolute Gasteiger partial charge is 0.296 e. The minimum Gasteiger partial charge on any atom is -0.384 e. The Balaban J connectivity index is 3.00. The number of nitrogens with zero attached hydrogens (tertiary/aromatic N) is 3. The fraction of sp³-hybridized carbons (Fsp3) is 0.800. The van der Waals surface area contributed by atoms with E-state index in [1.165, 1.54) is 11.7 Å². The Labute approximate surface area is 117 Å². The number of hydrogen-bond donors (Lipinski definition) is 0. The Hall–Kier alpha value is -0.700. The minimum absolute atomic E-state index is 0.196. The SMILES string of the molecule is COCCn1c(CC(C)COC)nnc1S(=O)(=O)Cl. The molecule has 0 aromatic carbocycles. The third-order valence-corrected chi connectivity index (χ3v) is 3.67. The van der Waals surface area contributed by atoms with E-state index in [4.69, 9.17) is 20.2 Å². The molecule has 0 bridgehead atoms. The second-order valence-electron chi connectivity index (χ2n) is 4.25. The maximum Gasteiger partial charge on any atom is 0.296 e. The van der Waals surface area contributed by atoms with Crippen LogP contribution in [0.2, 0.25) is 0 Å². The molecule has 0 aliphatic rings. The monoisotopic (exact) mass is 311 g/mol. The highest BCUT2D eigenvalue weighted by Crippen LogP contribution is 2.16. The van der Waals surface area contributed by atoms with E-state index in [1.807, 2.05) is 6.92 Å². The molecule has 9 heteroatoms. The first-order valence-corrected chi connectivity index (χ1v) is 8.05. The largest absolute Gasteiger partial charge is 0.384 e. The minimum atomic E-state index is -3.92. The van der Waals surface area contributed by atoms with Gasteiger partial charge in [0.2, 0.25) is 0 Å². The molecule has 110 valence electrons. The summed E-state index contributed by atoms with van der Waals surface area (Å²) in [5.74, 6) is 0.752. The van der Waals surface area contributed by atoms with Crippen molar-refractivity contribution in [2.24, 2.45) is 5.92 Å². The molecule has 0 saturated heterocycles. The molecule has 0 N–H and O–H groups in total. The Morgan fingerprint density at radius 3 is 2.53 bits per heavy atom. The summed E-state index contributed by atoms with van der Waals surface area (Å²) in [6.07, 6.45) is 0.553. The molecular formula is C10H18ClN3O4S. The normalized spacial score (nSPS) is 13.7. The average Bonchev–Trinajstić information content (AvgIpc) is 2.69. The van der Waals surface area contributed by atoms with Gasteiger partial charge in [-0.3, -0.25) is 4.57 Å². The highest BCUT2D eigenvalue weighted by molar-refractivity contribution is 8.13. The number of ether oxygens (including phenoxy) is 2. The molecule has 0 saturated carbocycles. The number of methoxy groups -OCH3 is 2. The van der Waals surface area contributed by atoms with E-state index >= 15 is 0 Å². The van der Waals surface area contributed by atoms with E-state index in [0.29, 0.717) is 32.0 Å². The molecule has 0 radical (unpaired) electrons. The van der Waals surface area contributed by atoms with Crippen LogP contribution in [-0.4, -0.2) is 50.6 Å². The van der Waals surface area contributed by atoms with Crippen LogP contribution in [0.4, 0.5) is 0 Å². The number of rotatable bonds is 8. The summed E-state index contributed by atoms with van der Waals surface area (Å²) >= 11 is 0. The highest BCUT2D eigenvalue weighted by atomic mass is 35.7. The third-order valence-electron chi connectivity index (χ3n) is 2.51. The van der Waals surface area contributed by atoms with E-state index in [2.05, 4.69) is 10.2 Å². The molecule has 1 heterocycles. The van der Waals surface area contributed by atoms with Crippen molar-refractivity contribution in [3.8, 4) is 0 Å². The zero-order chi connectivity index (χ0) is 14.5. The summed E-state index contributed by atoms with van der Waals surface area (Å²) in [5, 5.41) is 7.30. The van der Waals surface area contributed by atoms with Crippen molar-refractivity contribution in [1.29, 1.82) is 0 Å². The first-order chi connectivity index (χ1) is 8.90. The van der Waals surface area contributed by atoms with Gasteiger partial charge in [0, 0.05) is 44.5 Å². The molecule has 0 aliphatic carbocycles. The van der Waals surface area contributed by atoms with Crippen molar-refractivity contribution in [1.82, 2.24) is 14.8 Å². The molecule has 0 fully saturated rings. The van der Waals surface area contributed by atoms with E-state index < -0.39 is 9.05 Å². The molecule has 1 unspecified atom stereocenters. The fourth-order valence-corrected chi connectivity index (χ4v) is 2.65. The van der Waals surface area contributed by atoms with Crippen LogP contribution in [0.1, 0.15) is 12.7 Å². The summed E-state index contributed by atoms with van der Waals surface area (Å²) in [6, 6.07) is 0. The van der Waals surface area contributed by atoms with Gasteiger partial charge < -0.3 is 9.47 Å². The molecule has 0 spiro atoms. The average molecular weight is 312 g/mol. The maximum absolute atomic E-state index is 11.4. The summed E-state index contributed by atoms with van der Waals surface area (Å²) in [6.45, 7) is 3.22. The third kappa shape index (κ3) is 4.72. The van der Waals surface area contributed by atoms with Crippen LogP contribution in [0.25, 0.3) is 0 Å². The lowest BCUT2D eigenvalue weighted by atomic mass is 10.1. The van der Waals surface area contributed by atoms with Gasteiger partial charge in [-0.05, 0) is 5.92 Å². The highest BCUT2D eigenvalue weighted by Gasteiger charge is 2.23. The van der Waals surface area contributed by atoms with Crippen molar-refractivity contribution in [3.05, 3.63) is 5.82 Å². The predicted octanol–water partition coefficient (Wildman–Crippen LogP) is 0.677. The maximum atomic E-state index is 11.4. The van der Waals surface area contributed by atoms with Gasteiger partial charge in [0.1, 0.15) is 5.82 Å². The lowest BCUT2D eigenvalue weighted by Gasteiger charge is -2.12. The van der Waals surface area contributed by atoms with Gasteiger partial charge in [-0.1, -0.05) is 6.92 Å². The van der Waals surface area contributed by atoms with Crippen LogP contribution in [0.15, 0.2) is 5.16 Å². The zero-order valence-corrected chi connectivity index (χ0v) is 12.7. The zero-order valence-electron chi connectivity index (χ0n) is 11.2. The van der Waals surface area contributed by atoms with Gasteiger partial charge in [-0.15, -0.1) is 10.2 Å². The first kappa shape index (κ1) is 16.4. The van der Waals surface area contributed by atoms with Gasteiger partial charge in [0.25, 0.3) is 14.2 Å². The van der Waals surface area contributed by atoms with Gasteiger partial charge in [0.05, 0.1) is 6.61 Å². The fourth-order valence-electron chi connectivity index (χ4n) is 1.71. The summed E-state index contributed by atoms with van der Waals surface area (Å²) in [7, 11) is 4.57. The van der Waals surface area contributed by atoms with Crippen molar-refractivity contribution >= 4 is 19.7 Å². The Morgan fingerprint density at radius 2 is 2.00 bits per heavy atom. The summed E-state index contributed by atoms with van der Waals surface area (Å²) < 4.78 is 34.3. The van der Waals surface area contributed by atoms with Crippen LogP contribution in [-0.2, 0) is 31.5 Å². The molecule has 1 rings (SSSR count). The standard InChI is InChI=1S/C10H18ClN3O4S/c1-8(7-18-3)6-9-12-13-10(19(11,15)16)14(9)4-5-17-2/h8H,4-7H2,1-3H3. The van der Waals surface area contributed by atoms with Gasteiger partial charge in [0.15, 0.2) is 0 Å². The van der Waals surface area contributed by atoms with Crippen LogP contribution >= 0.6 is 10.7 Å². The summed E-state index contributed by atoms with van der Waals surface area (Å²) in [4.78, 5) is 0. The number of aromatic nitrogens is 3. The van der Waals surface area contributed by atoms with E-state index in [-0.39, 0.29) is 11.1 Å². The number of halogens is 1. The molecule has 0 amide bonds. The van der Waals surface area contributed by atoms with E-state index in [9.17, 15) is 8.42 Å². The quantitative estimate of drug-likeness (QED) is 0.656. The predicted molar refractivity (Wildman–Crippen MR) is 69.7 cm³/mol. The van der Waals surface area contributed by atoms with Crippen LogP contribution in [0, 0.1) is 5.92 Å². The first-order valence-electron chi connectivity index (χ1n) is 5.74.